The third-order valence-corrected chi connectivity index (χ3v) is 3.42. The lowest BCUT2D eigenvalue weighted by Crippen LogP contribution is -2.31. The van der Waals surface area contributed by atoms with Crippen LogP contribution in [-0.2, 0) is 0 Å². The highest BCUT2D eigenvalue weighted by Crippen LogP contribution is 2.19. The monoisotopic (exact) mass is 263 g/mol. The molecule has 0 spiro atoms. The fourth-order valence-electron chi connectivity index (χ4n) is 1.52. The molecule has 0 saturated heterocycles. The zero-order valence-electron chi connectivity index (χ0n) is 9.85. The second-order valence-corrected chi connectivity index (χ2v) is 4.79. The van der Waals surface area contributed by atoms with Gasteiger partial charge in [-0.3, -0.25) is 9.78 Å². The normalized spacial score (nSPS) is 12.1. The summed E-state index contributed by atoms with van der Waals surface area (Å²) in [7, 11) is 1.63. The van der Waals surface area contributed by atoms with Gasteiger partial charge in [-0.2, -0.15) is 0 Å². The molecule has 0 aliphatic heterocycles. The van der Waals surface area contributed by atoms with Gasteiger partial charge in [-0.1, -0.05) is 6.07 Å². The minimum Gasteiger partial charge on any atom is -0.386 e. The van der Waals surface area contributed by atoms with E-state index in [2.05, 4.69) is 9.97 Å². The number of hydrogen-bond acceptors (Lipinski definition) is 5. The van der Waals surface area contributed by atoms with E-state index in [1.165, 1.54) is 34.8 Å². The highest BCUT2D eigenvalue weighted by atomic mass is 32.1. The molecule has 1 amide bonds. The zero-order valence-corrected chi connectivity index (χ0v) is 10.7. The Bertz CT molecular complexity index is 501. The van der Waals surface area contributed by atoms with E-state index in [1.54, 1.807) is 7.05 Å². The van der Waals surface area contributed by atoms with E-state index < -0.39 is 6.10 Å². The lowest BCUT2D eigenvalue weighted by atomic mass is 10.2. The maximum Gasteiger partial charge on any atom is 0.273 e. The van der Waals surface area contributed by atoms with Crippen molar-refractivity contribution in [2.45, 2.75) is 6.10 Å². The summed E-state index contributed by atoms with van der Waals surface area (Å²) in [6.07, 6.45) is 3.72. The molecule has 1 N–H and O–H groups in total. The van der Waals surface area contributed by atoms with Crippen molar-refractivity contribution in [2.75, 3.05) is 13.6 Å². The second-order valence-electron chi connectivity index (χ2n) is 3.81. The first-order valence-corrected chi connectivity index (χ1v) is 6.29. The van der Waals surface area contributed by atoms with Crippen molar-refractivity contribution in [3.05, 3.63) is 46.7 Å². The maximum absolute atomic E-state index is 12.0. The largest absolute Gasteiger partial charge is 0.386 e. The van der Waals surface area contributed by atoms with E-state index >= 15 is 0 Å². The van der Waals surface area contributed by atoms with Gasteiger partial charge in [0.05, 0.1) is 12.7 Å². The quantitative estimate of drug-likeness (QED) is 0.904. The van der Waals surface area contributed by atoms with Gasteiger partial charge in [0.1, 0.15) is 11.8 Å². The molecule has 18 heavy (non-hydrogen) atoms. The van der Waals surface area contributed by atoms with Gasteiger partial charge in [0.15, 0.2) is 0 Å². The first-order valence-electron chi connectivity index (χ1n) is 5.41. The molecule has 2 heterocycles. The van der Waals surface area contributed by atoms with Crippen LogP contribution in [0, 0.1) is 0 Å². The SMILES string of the molecule is CN(CC(O)c1cccs1)C(=O)c1cnccn1. The van der Waals surface area contributed by atoms with Gasteiger partial charge in [0.25, 0.3) is 5.91 Å². The van der Waals surface area contributed by atoms with Crippen LogP contribution in [0.1, 0.15) is 21.5 Å². The molecular weight excluding hydrogens is 250 g/mol. The highest BCUT2D eigenvalue weighted by molar-refractivity contribution is 7.10. The number of aliphatic hydroxyl groups excluding tert-OH is 1. The number of hydrogen-bond donors (Lipinski definition) is 1. The van der Waals surface area contributed by atoms with Gasteiger partial charge in [-0.25, -0.2) is 4.98 Å². The highest BCUT2D eigenvalue weighted by Gasteiger charge is 2.18. The molecule has 2 rings (SSSR count). The summed E-state index contributed by atoms with van der Waals surface area (Å²) in [5, 5.41) is 11.8. The van der Waals surface area contributed by atoms with Gasteiger partial charge >= 0.3 is 0 Å². The molecule has 6 heteroatoms. The van der Waals surface area contributed by atoms with Crippen LogP contribution in [0.15, 0.2) is 36.1 Å². The number of nitrogens with zero attached hydrogens (tertiary/aromatic N) is 3. The minimum absolute atomic E-state index is 0.232. The van der Waals surface area contributed by atoms with Gasteiger partial charge in [-0.15, -0.1) is 11.3 Å². The molecule has 0 radical (unpaired) electrons. The molecule has 1 unspecified atom stereocenters. The Kier molecular flexibility index (Phi) is 4.01. The molecule has 0 aliphatic carbocycles. The molecule has 0 fully saturated rings. The Morgan fingerprint density at radius 2 is 2.39 bits per heavy atom. The Morgan fingerprint density at radius 1 is 1.56 bits per heavy atom. The summed E-state index contributed by atoms with van der Waals surface area (Å²) >= 11 is 1.46. The Labute approximate surface area is 109 Å². The van der Waals surface area contributed by atoms with Crippen LogP contribution < -0.4 is 0 Å². The van der Waals surface area contributed by atoms with Gasteiger partial charge in [0, 0.05) is 24.3 Å². The molecular formula is C12H13N3O2S. The topological polar surface area (TPSA) is 66.3 Å². The summed E-state index contributed by atoms with van der Waals surface area (Å²) in [5.41, 5.74) is 0.276. The van der Waals surface area contributed by atoms with Crippen molar-refractivity contribution in [3.8, 4) is 0 Å². The van der Waals surface area contributed by atoms with Crippen molar-refractivity contribution < 1.29 is 9.90 Å². The number of carbonyl (C=O) groups is 1. The predicted molar refractivity (Wildman–Crippen MR) is 68.3 cm³/mol. The summed E-state index contributed by atoms with van der Waals surface area (Å²) in [6, 6.07) is 3.71. The van der Waals surface area contributed by atoms with Crippen molar-refractivity contribution in [1.82, 2.24) is 14.9 Å². The van der Waals surface area contributed by atoms with Crippen molar-refractivity contribution in [3.63, 3.8) is 0 Å². The molecule has 1 atom stereocenters. The fraction of sp³-hybridized carbons (Fsp3) is 0.250. The summed E-state index contributed by atoms with van der Waals surface area (Å²) in [4.78, 5) is 22.0. The number of likely N-dealkylation sites (N-methyl/N-ethyl adjacent to an activating group) is 1. The van der Waals surface area contributed by atoms with Crippen LogP contribution in [0.3, 0.4) is 0 Å². The number of aromatic nitrogens is 2. The molecule has 0 aliphatic rings. The van der Waals surface area contributed by atoms with E-state index in [1.807, 2.05) is 17.5 Å². The molecule has 94 valence electrons. The van der Waals surface area contributed by atoms with Crippen LogP contribution in [0.2, 0.25) is 0 Å². The average Bonchev–Trinajstić information content (AvgIpc) is 2.92. The number of rotatable bonds is 4. The van der Waals surface area contributed by atoms with E-state index in [-0.39, 0.29) is 18.1 Å². The molecule has 2 aromatic heterocycles. The Balaban J connectivity index is 2.00. The van der Waals surface area contributed by atoms with Crippen LogP contribution >= 0.6 is 11.3 Å². The number of amides is 1. The van der Waals surface area contributed by atoms with E-state index in [0.29, 0.717) is 0 Å². The van der Waals surface area contributed by atoms with Crippen LogP contribution in [0.4, 0.5) is 0 Å². The summed E-state index contributed by atoms with van der Waals surface area (Å²) in [6.45, 7) is 0.232. The fourth-order valence-corrected chi connectivity index (χ4v) is 2.22. The zero-order chi connectivity index (χ0) is 13.0. The minimum atomic E-state index is -0.671. The van der Waals surface area contributed by atoms with Gasteiger partial charge in [0.2, 0.25) is 0 Å². The lowest BCUT2D eigenvalue weighted by Gasteiger charge is -2.19. The lowest BCUT2D eigenvalue weighted by molar-refractivity contribution is 0.0679. The molecule has 0 saturated carbocycles. The predicted octanol–water partition coefficient (Wildman–Crippen LogP) is 1.34. The first-order chi connectivity index (χ1) is 8.68. The smallest absolute Gasteiger partial charge is 0.273 e. The van der Waals surface area contributed by atoms with Crippen molar-refractivity contribution in [2.24, 2.45) is 0 Å². The second kappa shape index (κ2) is 5.70. The molecule has 5 nitrogen and oxygen atoms in total. The third kappa shape index (κ3) is 2.91. The third-order valence-electron chi connectivity index (χ3n) is 2.45. The Hall–Kier alpha value is -1.79. The standard InChI is InChI=1S/C12H13N3O2S/c1-15(8-10(16)11-3-2-6-18-11)12(17)9-7-13-4-5-14-9/h2-7,10,16H,8H2,1H3. The van der Waals surface area contributed by atoms with E-state index in [4.69, 9.17) is 0 Å². The maximum atomic E-state index is 12.0. The number of carbonyl (C=O) groups excluding carboxylic acids is 1. The summed E-state index contributed by atoms with van der Waals surface area (Å²) < 4.78 is 0. The average molecular weight is 263 g/mol. The van der Waals surface area contributed by atoms with Crippen LogP contribution in [-0.4, -0.2) is 39.5 Å². The Morgan fingerprint density at radius 3 is 3.00 bits per heavy atom. The van der Waals surface area contributed by atoms with Crippen molar-refractivity contribution >= 4 is 17.2 Å². The number of thiophene rings is 1. The van der Waals surface area contributed by atoms with Crippen LogP contribution in [0.5, 0.6) is 0 Å². The van der Waals surface area contributed by atoms with Gasteiger partial charge < -0.3 is 10.0 Å². The molecule has 2 aromatic rings. The number of aliphatic hydroxyl groups is 1. The molecule has 0 aromatic carbocycles. The molecule has 0 bridgehead atoms. The van der Waals surface area contributed by atoms with Crippen molar-refractivity contribution in [1.29, 1.82) is 0 Å². The van der Waals surface area contributed by atoms with Crippen LogP contribution in [0.25, 0.3) is 0 Å². The van der Waals surface area contributed by atoms with E-state index in [0.717, 1.165) is 4.88 Å². The first kappa shape index (κ1) is 12.7. The van der Waals surface area contributed by atoms with Gasteiger partial charge in [-0.05, 0) is 11.4 Å². The summed E-state index contributed by atoms with van der Waals surface area (Å²) in [5.74, 6) is -0.251. The van der Waals surface area contributed by atoms with E-state index in [9.17, 15) is 9.90 Å².